The highest BCUT2D eigenvalue weighted by molar-refractivity contribution is 7.80. The van der Waals surface area contributed by atoms with Crippen LogP contribution in [0.3, 0.4) is 0 Å². The molecule has 0 aliphatic carbocycles. The third-order valence-corrected chi connectivity index (χ3v) is 3.45. The summed E-state index contributed by atoms with van der Waals surface area (Å²) in [5.74, 6) is 2.27. The second-order valence-corrected chi connectivity index (χ2v) is 5.22. The van der Waals surface area contributed by atoms with Gasteiger partial charge in [-0.2, -0.15) is 12.6 Å². The van der Waals surface area contributed by atoms with Gasteiger partial charge in [-0.05, 0) is 37.9 Å². The molecule has 0 amide bonds. The van der Waals surface area contributed by atoms with Crippen LogP contribution < -0.4 is 0 Å². The Balaban J connectivity index is 4.12. The number of aliphatic hydroxyl groups is 1. The zero-order chi connectivity index (χ0) is 11.8. The molecule has 0 aromatic rings. The summed E-state index contributed by atoms with van der Waals surface area (Å²) in [6.45, 7) is 11.3. The molecule has 92 valence electrons. The molecule has 1 N–H and O–H groups in total. The quantitative estimate of drug-likeness (QED) is 0.628. The summed E-state index contributed by atoms with van der Waals surface area (Å²) in [6.07, 6.45) is 0.871. The van der Waals surface area contributed by atoms with E-state index in [2.05, 4.69) is 45.2 Å². The van der Waals surface area contributed by atoms with Gasteiger partial charge in [-0.15, -0.1) is 0 Å². The highest BCUT2D eigenvalue weighted by Crippen LogP contribution is 2.16. The molecule has 2 nitrogen and oxygen atoms in total. The van der Waals surface area contributed by atoms with E-state index in [1.54, 1.807) is 0 Å². The fourth-order valence-electron chi connectivity index (χ4n) is 1.61. The summed E-state index contributed by atoms with van der Waals surface area (Å²) in [6, 6.07) is 0.553. The van der Waals surface area contributed by atoms with Crippen molar-refractivity contribution in [1.29, 1.82) is 0 Å². The van der Waals surface area contributed by atoms with Gasteiger partial charge in [0.1, 0.15) is 0 Å². The van der Waals surface area contributed by atoms with E-state index in [1.165, 1.54) is 0 Å². The minimum Gasteiger partial charge on any atom is -0.396 e. The predicted molar refractivity (Wildman–Crippen MR) is 70.6 cm³/mol. The van der Waals surface area contributed by atoms with E-state index in [4.69, 9.17) is 5.11 Å². The van der Waals surface area contributed by atoms with Gasteiger partial charge in [0.2, 0.25) is 0 Å². The lowest BCUT2D eigenvalue weighted by molar-refractivity contribution is 0.158. The van der Waals surface area contributed by atoms with Crippen LogP contribution in [0.1, 0.15) is 34.1 Å². The van der Waals surface area contributed by atoms with Gasteiger partial charge in [-0.3, -0.25) is 0 Å². The van der Waals surface area contributed by atoms with Gasteiger partial charge in [0.25, 0.3) is 0 Å². The Kier molecular flexibility index (Phi) is 8.58. The van der Waals surface area contributed by atoms with Gasteiger partial charge >= 0.3 is 0 Å². The van der Waals surface area contributed by atoms with Crippen molar-refractivity contribution in [2.75, 3.05) is 25.4 Å². The largest absolute Gasteiger partial charge is 0.396 e. The first-order valence-electron chi connectivity index (χ1n) is 5.98. The molecule has 0 aromatic carbocycles. The highest BCUT2D eigenvalue weighted by Gasteiger charge is 2.17. The minimum absolute atomic E-state index is 0.288. The topological polar surface area (TPSA) is 23.5 Å². The molecule has 1 unspecified atom stereocenters. The average Bonchev–Trinajstić information content (AvgIpc) is 2.17. The van der Waals surface area contributed by atoms with E-state index in [0.29, 0.717) is 17.9 Å². The number of hydrogen-bond donors (Lipinski definition) is 2. The van der Waals surface area contributed by atoms with E-state index >= 15 is 0 Å². The van der Waals surface area contributed by atoms with Crippen molar-refractivity contribution >= 4 is 12.6 Å². The van der Waals surface area contributed by atoms with Crippen molar-refractivity contribution in [3.8, 4) is 0 Å². The second kappa shape index (κ2) is 8.43. The van der Waals surface area contributed by atoms with Crippen molar-refractivity contribution in [2.45, 2.75) is 40.2 Å². The minimum atomic E-state index is 0.288. The van der Waals surface area contributed by atoms with E-state index in [9.17, 15) is 0 Å². The van der Waals surface area contributed by atoms with E-state index in [-0.39, 0.29) is 6.61 Å². The van der Waals surface area contributed by atoms with Crippen LogP contribution in [-0.4, -0.2) is 41.5 Å². The number of rotatable bonds is 8. The van der Waals surface area contributed by atoms with Crippen LogP contribution in [0.25, 0.3) is 0 Å². The van der Waals surface area contributed by atoms with E-state index in [0.717, 1.165) is 25.3 Å². The molecule has 0 saturated carbocycles. The van der Waals surface area contributed by atoms with Crippen molar-refractivity contribution in [3.05, 3.63) is 0 Å². The second-order valence-electron chi connectivity index (χ2n) is 4.85. The van der Waals surface area contributed by atoms with Crippen LogP contribution in [0, 0.1) is 11.8 Å². The Bertz CT molecular complexity index is 151. The lowest BCUT2D eigenvalue weighted by Gasteiger charge is -2.31. The van der Waals surface area contributed by atoms with Gasteiger partial charge in [0.05, 0.1) is 0 Å². The number of nitrogens with zero attached hydrogens (tertiary/aromatic N) is 1. The maximum atomic E-state index is 8.86. The lowest BCUT2D eigenvalue weighted by Crippen LogP contribution is -2.38. The molecule has 0 bridgehead atoms. The molecule has 15 heavy (non-hydrogen) atoms. The molecule has 0 aliphatic rings. The Morgan fingerprint density at radius 1 is 1.20 bits per heavy atom. The highest BCUT2D eigenvalue weighted by atomic mass is 32.1. The van der Waals surface area contributed by atoms with Crippen LogP contribution in [0.2, 0.25) is 0 Å². The molecule has 0 saturated heterocycles. The molecule has 0 heterocycles. The van der Waals surface area contributed by atoms with Gasteiger partial charge in [0, 0.05) is 25.7 Å². The summed E-state index contributed by atoms with van der Waals surface area (Å²) in [7, 11) is 0. The predicted octanol–water partition coefficient (Wildman–Crippen LogP) is 2.28. The first kappa shape index (κ1) is 15.3. The van der Waals surface area contributed by atoms with Crippen LogP contribution in [0.15, 0.2) is 0 Å². The smallest absolute Gasteiger partial charge is 0.0443 e. The normalized spacial score (nSPS) is 14.2. The Hall–Kier alpha value is 0.270. The SMILES string of the molecule is CC(C)C(CS)CN(CCCO)C(C)C. The number of aliphatic hydroxyl groups excluding tert-OH is 1. The molecular weight excluding hydrogens is 206 g/mol. The Morgan fingerprint density at radius 3 is 2.13 bits per heavy atom. The molecule has 0 aromatic heterocycles. The molecule has 0 aliphatic heterocycles. The van der Waals surface area contributed by atoms with Crippen molar-refractivity contribution in [3.63, 3.8) is 0 Å². The van der Waals surface area contributed by atoms with Gasteiger partial charge in [0.15, 0.2) is 0 Å². The maximum absolute atomic E-state index is 8.86. The fourth-order valence-corrected chi connectivity index (χ4v) is 2.15. The molecule has 0 radical (unpaired) electrons. The molecule has 0 rings (SSSR count). The summed E-state index contributed by atoms with van der Waals surface area (Å²) < 4.78 is 0. The Morgan fingerprint density at radius 2 is 1.80 bits per heavy atom. The molecular formula is C12H27NOS. The Labute approximate surface area is 100 Å². The van der Waals surface area contributed by atoms with Crippen LogP contribution in [0.5, 0.6) is 0 Å². The number of hydrogen-bond acceptors (Lipinski definition) is 3. The average molecular weight is 233 g/mol. The van der Waals surface area contributed by atoms with Crippen LogP contribution in [-0.2, 0) is 0 Å². The number of thiol groups is 1. The van der Waals surface area contributed by atoms with Gasteiger partial charge in [-0.1, -0.05) is 13.8 Å². The van der Waals surface area contributed by atoms with Crippen molar-refractivity contribution in [2.24, 2.45) is 11.8 Å². The third-order valence-electron chi connectivity index (χ3n) is 2.98. The summed E-state index contributed by atoms with van der Waals surface area (Å²) in [5, 5.41) is 8.86. The van der Waals surface area contributed by atoms with E-state index < -0.39 is 0 Å². The summed E-state index contributed by atoms with van der Waals surface area (Å²) >= 11 is 4.41. The monoisotopic (exact) mass is 233 g/mol. The zero-order valence-electron chi connectivity index (χ0n) is 10.6. The summed E-state index contributed by atoms with van der Waals surface area (Å²) in [4.78, 5) is 2.44. The van der Waals surface area contributed by atoms with Crippen LogP contribution in [0.4, 0.5) is 0 Å². The lowest BCUT2D eigenvalue weighted by atomic mass is 9.96. The maximum Gasteiger partial charge on any atom is 0.0443 e. The van der Waals surface area contributed by atoms with Crippen LogP contribution >= 0.6 is 12.6 Å². The van der Waals surface area contributed by atoms with E-state index in [1.807, 2.05) is 0 Å². The molecule has 0 spiro atoms. The summed E-state index contributed by atoms with van der Waals surface area (Å²) in [5.41, 5.74) is 0. The van der Waals surface area contributed by atoms with Crippen molar-refractivity contribution in [1.82, 2.24) is 4.90 Å². The first-order valence-corrected chi connectivity index (χ1v) is 6.61. The van der Waals surface area contributed by atoms with Gasteiger partial charge < -0.3 is 10.0 Å². The third kappa shape index (κ3) is 6.44. The van der Waals surface area contributed by atoms with Gasteiger partial charge in [-0.25, -0.2) is 0 Å². The molecule has 0 fully saturated rings. The molecule has 3 heteroatoms. The van der Waals surface area contributed by atoms with Crippen molar-refractivity contribution < 1.29 is 5.11 Å². The fraction of sp³-hybridized carbons (Fsp3) is 1.00. The zero-order valence-corrected chi connectivity index (χ0v) is 11.5. The standard InChI is InChI=1S/C12H27NOS/c1-10(2)12(9-15)8-13(11(3)4)6-5-7-14/h10-12,14-15H,5-9H2,1-4H3. The molecule has 1 atom stereocenters. The first-order chi connectivity index (χ1) is 7.02.